The Morgan fingerprint density at radius 3 is 2.78 bits per heavy atom. The van der Waals surface area contributed by atoms with Gasteiger partial charge >= 0.3 is 0 Å². The Balaban J connectivity index is 1.70. The fourth-order valence-corrected chi connectivity index (χ4v) is 2.00. The van der Waals surface area contributed by atoms with Crippen molar-refractivity contribution in [3.8, 4) is 11.6 Å². The van der Waals surface area contributed by atoms with Crippen molar-refractivity contribution in [3.05, 3.63) is 54.4 Å². The molecule has 0 aliphatic carbocycles. The highest BCUT2D eigenvalue weighted by Crippen LogP contribution is 2.19. The summed E-state index contributed by atoms with van der Waals surface area (Å²) in [5.41, 5.74) is 1.76. The van der Waals surface area contributed by atoms with Crippen molar-refractivity contribution in [3.63, 3.8) is 0 Å². The minimum absolute atomic E-state index is 0.326. The normalized spacial score (nSPS) is 11.9. The molecule has 2 aromatic heterocycles. The lowest BCUT2D eigenvalue weighted by Crippen LogP contribution is -2.30. The molecule has 0 bridgehead atoms. The zero-order chi connectivity index (χ0) is 16.2. The molecule has 1 N–H and O–H groups in total. The van der Waals surface area contributed by atoms with Gasteiger partial charge in [-0.1, -0.05) is 23.4 Å². The van der Waals surface area contributed by atoms with E-state index >= 15 is 0 Å². The summed E-state index contributed by atoms with van der Waals surface area (Å²) in [4.78, 5) is 12.1. The van der Waals surface area contributed by atoms with Crippen LogP contribution in [0.5, 0.6) is 5.88 Å². The molecule has 0 saturated heterocycles. The summed E-state index contributed by atoms with van der Waals surface area (Å²) in [5.74, 6) is 0.432. The van der Waals surface area contributed by atoms with E-state index in [0.717, 1.165) is 11.3 Å². The van der Waals surface area contributed by atoms with E-state index in [1.54, 1.807) is 17.7 Å². The topological polar surface area (TPSA) is 82.2 Å². The highest BCUT2D eigenvalue weighted by molar-refractivity contribution is 5.93. The SMILES string of the molecule is Cc1cn(-c2ccccc2)nc1OC(C)C(=O)Nc1ccon1. The molecule has 7 nitrogen and oxygen atoms in total. The van der Waals surface area contributed by atoms with E-state index < -0.39 is 6.10 Å². The van der Waals surface area contributed by atoms with Crippen LogP contribution in [0.15, 0.2) is 53.4 Å². The number of aromatic nitrogens is 3. The summed E-state index contributed by atoms with van der Waals surface area (Å²) >= 11 is 0. The number of carbonyl (C=O) groups excluding carboxylic acids is 1. The number of nitrogens with one attached hydrogen (secondary N) is 1. The van der Waals surface area contributed by atoms with Crippen LogP contribution in [-0.2, 0) is 4.79 Å². The quantitative estimate of drug-likeness (QED) is 0.783. The molecule has 0 radical (unpaired) electrons. The van der Waals surface area contributed by atoms with Crippen molar-refractivity contribution in [2.75, 3.05) is 5.32 Å². The van der Waals surface area contributed by atoms with Crippen LogP contribution in [0.25, 0.3) is 5.69 Å². The number of nitrogens with zero attached hydrogens (tertiary/aromatic N) is 3. The predicted octanol–water partition coefficient (Wildman–Crippen LogP) is 2.57. The first kappa shape index (κ1) is 14.8. The molecule has 23 heavy (non-hydrogen) atoms. The molecule has 118 valence electrons. The van der Waals surface area contributed by atoms with Gasteiger partial charge < -0.3 is 14.6 Å². The summed E-state index contributed by atoms with van der Waals surface area (Å²) in [5, 5.41) is 10.6. The fourth-order valence-electron chi connectivity index (χ4n) is 2.00. The molecule has 0 fully saturated rings. The monoisotopic (exact) mass is 312 g/mol. The third kappa shape index (κ3) is 3.39. The number of benzene rings is 1. The number of amides is 1. The molecule has 0 aliphatic rings. The van der Waals surface area contributed by atoms with Crippen molar-refractivity contribution in [2.24, 2.45) is 0 Å². The van der Waals surface area contributed by atoms with Gasteiger partial charge in [-0.25, -0.2) is 4.68 Å². The molecule has 3 rings (SSSR count). The molecule has 1 atom stereocenters. The van der Waals surface area contributed by atoms with E-state index in [1.165, 1.54) is 6.26 Å². The Kier molecular flexibility index (Phi) is 4.09. The van der Waals surface area contributed by atoms with Gasteiger partial charge in [0.25, 0.3) is 5.91 Å². The molecule has 0 spiro atoms. The number of para-hydroxylation sites is 1. The van der Waals surface area contributed by atoms with E-state index in [1.807, 2.05) is 43.5 Å². The number of hydrogen-bond acceptors (Lipinski definition) is 5. The molecule has 1 unspecified atom stereocenters. The third-order valence-corrected chi connectivity index (χ3v) is 3.22. The zero-order valence-electron chi connectivity index (χ0n) is 12.8. The summed E-state index contributed by atoms with van der Waals surface area (Å²) in [6, 6.07) is 11.2. The lowest BCUT2D eigenvalue weighted by atomic mass is 10.3. The summed E-state index contributed by atoms with van der Waals surface area (Å²) in [7, 11) is 0. The largest absolute Gasteiger partial charge is 0.463 e. The maximum absolute atomic E-state index is 12.1. The van der Waals surface area contributed by atoms with Crippen molar-refractivity contribution < 1.29 is 14.1 Å². The van der Waals surface area contributed by atoms with E-state index in [9.17, 15) is 4.79 Å². The first-order valence-electron chi connectivity index (χ1n) is 7.13. The summed E-state index contributed by atoms with van der Waals surface area (Å²) < 4.78 is 12.0. The van der Waals surface area contributed by atoms with E-state index in [4.69, 9.17) is 4.74 Å². The third-order valence-electron chi connectivity index (χ3n) is 3.22. The smallest absolute Gasteiger partial charge is 0.266 e. The standard InChI is InChI=1S/C16H16N4O3/c1-11-10-20(13-6-4-3-5-7-13)18-16(11)23-12(2)15(21)17-14-8-9-22-19-14/h3-10,12H,1-2H3,(H,17,19,21). The minimum Gasteiger partial charge on any atom is -0.463 e. The number of aryl methyl sites for hydroxylation is 1. The Morgan fingerprint density at radius 1 is 1.30 bits per heavy atom. The van der Waals surface area contributed by atoms with E-state index in [2.05, 4.69) is 20.1 Å². The van der Waals surface area contributed by atoms with Gasteiger partial charge in [-0.05, 0) is 26.0 Å². The van der Waals surface area contributed by atoms with Gasteiger partial charge in [-0.2, -0.15) is 0 Å². The van der Waals surface area contributed by atoms with Crippen molar-refractivity contribution >= 4 is 11.7 Å². The van der Waals surface area contributed by atoms with E-state index in [0.29, 0.717) is 11.7 Å². The van der Waals surface area contributed by atoms with Gasteiger partial charge in [0.15, 0.2) is 11.9 Å². The lowest BCUT2D eigenvalue weighted by Gasteiger charge is -2.12. The molecule has 1 amide bonds. The zero-order valence-corrected chi connectivity index (χ0v) is 12.8. The van der Waals surface area contributed by atoms with Crippen LogP contribution in [0, 0.1) is 6.92 Å². The van der Waals surface area contributed by atoms with Gasteiger partial charge in [0, 0.05) is 17.8 Å². The first-order valence-corrected chi connectivity index (χ1v) is 7.13. The number of anilines is 1. The molecule has 1 aromatic carbocycles. The van der Waals surface area contributed by atoms with Crippen molar-refractivity contribution in [1.29, 1.82) is 0 Å². The maximum atomic E-state index is 12.1. The second kappa shape index (κ2) is 6.35. The van der Waals surface area contributed by atoms with Crippen molar-refractivity contribution in [1.82, 2.24) is 14.9 Å². The van der Waals surface area contributed by atoms with Crippen LogP contribution >= 0.6 is 0 Å². The predicted molar refractivity (Wildman–Crippen MR) is 83.5 cm³/mol. The molecular weight excluding hydrogens is 296 g/mol. The van der Waals surface area contributed by atoms with Gasteiger partial charge in [0.1, 0.15) is 6.26 Å². The Hall–Kier alpha value is -3.09. The Morgan fingerprint density at radius 2 is 2.09 bits per heavy atom. The Labute approximate surface area is 132 Å². The van der Waals surface area contributed by atoms with Gasteiger partial charge in [0.05, 0.1) is 5.69 Å². The molecule has 7 heteroatoms. The molecule has 2 heterocycles. The van der Waals surface area contributed by atoms with Crippen LogP contribution in [0.1, 0.15) is 12.5 Å². The number of rotatable bonds is 5. The van der Waals surface area contributed by atoms with Crippen molar-refractivity contribution in [2.45, 2.75) is 20.0 Å². The van der Waals surface area contributed by atoms with Crippen LogP contribution < -0.4 is 10.1 Å². The number of carbonyl (C=O) groups is 1. The lowest BCUT2D eigenvalue weighted by molar-refractivity contribution is -0.122. The highest BCUT2D eigenvalue weighted by atomic mass is 16.5. The van der Waals surface area contributed by atoms with Gasteiger partial charge in [-0.15, -0.1) is 5.10 Å². The highest BCUT2D eigenvalue weighted by Gasteiger charge is 2.19. The molecule has 3 aromatic rings. The minimum atomic E-state index is -0.718. The molecule has 0 aliphatic heterocycles. The second-order valence-corrected chi connectivity index (χ2v) is 5.03. The summed E-state index contributed by atoms with van der Waals surface area (Å²) in [6.07, 6.45) is 2.52. The van der Waals surface area contributed by atoms with Crippen LogP contribution in [-0.4, -0.2) is 26.9 Å². The fraction of sp³-hybridized carbons (Fsp3) is 0.188. The van der Waals surface area contributed by atoms with E-state index in [-0.39, 0.29) is 5.91 Å². The maximum Gasteiger partial charge on any atom is 0.266 e. The second-order valence-electron chi connectivity index (χ2n) is 5.03. The number of ether oxygens (including phenoxy) is 1. The van der Waals surface area contributed by atoms with Gasteiger partial charge in [-0.3, -0.25) is 4.79 Å². The van der Waals surface area contributed by atoms with Crippen LogP contribution in [0.3, 0.4) is 0 Å². The van der Waals surface area contributed by atoms with Gasteiger partial charge in [0.2, 0.25) is 5.88 Å². The molecular formula is C16H16N4O3. The van der Waals surface area contributed by atoms with Crippen LogP contribution in [0.4, 0.5) is 5.82 Å². The number of hydrogen-bond donors (Lipinski definition) is 1. The Bertz CT molecular complexity index is 781. The first-order chi connectivity index (χ1) is 11.1. The summed E-state index contributed by atoms with van der Waals surface area (Å²) in [6.45, 7) is 3.53. The molecule has 0 saturated carbocycles. The average Bonchev–Trinajstić information content (AvgIpc) is 3.18. The van der Waals surface area contributed by atoms with Crippen LogP contribution in [0.2, 0.25) is 0 Å². The average molecular weight is 312 g/mol.